The Hall–Kier alpha value is -2.44. The van der Waals surface area contributed by atoms with Crippen molar-refractivity contribution in [3.8, 4) is 0 Å². The molecule has 0 spiro atoms. The van der Waals surface area contributed by atoms with E-state index in [4.69, 9.17) is 10.6 Å². The lowest BCUT2D eigenvalue weighted by Crippen LogP contribution is -2.15. The van der Waals surface area contributed by atoms with E-state index in [9.17, 15) is 8.78 Å². The molecule has 20 heavy (non-hydrogen) atoms. The molecule has 7 heteroatoms. The van der Waals surface area contributed by atoms with Crippen LogP contribution in [0.4, 0.5) is 8.78 Å². The molecule has 1 aromatic carbocycles. The molecule has 1 heterocycles. The third-order valence-electron chi connectivity index (χ3n) is 2.56. The van der Waals surface area contributed by atoms with E-state index in [-0.39, 0.29) is 18.3 Å². The summed E-state index contributed by atoms with van der Waals surface area (Å²) in [4.78, 5) is 8.72. The zero-order chi connectivity index (χ0) is 14.4. The van der Waals surface area contributed by atoms with Gasteiger partial charge in [-0.25, -0.2) is 4.98 Å². The Labute approximate surface area is 114 Å². The summed E-state index contributed by atoms with van der Waals surface area (Å²) in [5.41, 5.74) is 6.68. The number of aromatic nitrogens is 2. The van der Waals surface area contributed by atoms with Gasteiger partial charge in [0.2, 0.25) is 0 Å². The van der Waals surface area contributed by atoms with Crippen LogP contribution in [0.5, 0.6) is 0 Å². The minimum Gasteiger partial charge on any atom is -0.386 e. The van der Waals surface area contributed by atoms with E-state index in [1.165, 1.54) is 12.4 Å². The van der Waals surface area contributed by atoms with Gasteiger partial charge in [0.25, 0.3) is 0 Å². The van der Waals surface area contributed by atoms with Gasteiger partial charge in [-0.15, -0.1) is 0 Å². The SMILES string of the molecule is N/C(Cc1ccccc1)=N\OCc1nccn1C(F)F. The molecule has 2 aromatic rings. The smallest absolute Gasteiger partial charge is 0.320 e. The number of oxime groups is 1. The Morgan fingerprint density at radius 2 is 2.10 bits per heavy atom. The van der Waals surface area contributed by atoms with Crippen LogP contribution in [0.1, 0.15) is 17.9 Å². The van der Waals surface area contributed by atoms with Crippen molar-refractivity contribution in [3.05, 3.63) is 54.1 Å². The van der Waals surface area contributed by atoms with Crippen LogP contribution in [0, 0.1) is 0 Å². The molecule has 0 radical (unpaired) electrons. The number of nitrogens with zero attached hydrogens (tertiary/aromatic N) is 3. The number of hydrogen-bond acceptors (Lipinski definition) is 3. The Morgan fingerprint density at radius 3 is 2.80 bits per heavy atom. The third kappa shape index (κ3) is 3.78. The molecule has 0 amide bonds. The summed E-state index contributed by atoms with van der Waals surface area (Å²) in [6.45, 7) is -2.81. The summed E-state index contributed by atoms with van der Waals surface area (Å²) >= 11 is 0. The highest BCUT2D eigenvalue weighted by Crippen LogP contribution is 2.12. The van der Waals surface area contributed by atoms with Gasteiger partial charge in [-0.3, -0.25) is 4.57 Å². The largest absolute Gasteiger partial charge is 0.386 e. The van der Waals surface area contributed by atoms with Gasteiger partial charge < -0.3 is 10.6 Å². The summed E-state index contributed by atoms with van der Waals surface area (Å²) in [6, 6.07) is 9.50. The van der Waals surface area contributed by atoms with Crippen molar-refractivity contribution in [2.45, 2.75) is 19.6 Å². The van der Waals surface area contributed by atoms with Crippen molar-refractivity contribution < 1.29 is 13.6 Å². The zero-order valence-electron chi connectivity index (χ0n) is 10.6. The maximum Gasteiger partial charge on any atom is 0.320 e. The topological polar surface area (TPSA) is 65.4 Å². The van der Waals surface area contributed by atoms with Gasteiger partial charge in [0.1, 0.15) is 5.84 Å². The fourth-order valence-electron chi connectivity index (χ4n) is 1.64. The van der Waals surface area contributed by atoms with Crippen molar-refractivity contribution in [2.24, 2.45) is 10.9 Å². The number of amidine groups is 1. The molecule has 0 fully saturated rings. The minimum absolute atomic E-state index is 0.0938. The summed E-state index contributed by atoms with van der Waals surface area (Å²) < 4.78 is 25.8. The molecule has 0 saturated heterocycles. The lowest BCUT2D eigenvalue weighted by atomic mass is 10.1. The van der Waals surface area contributed by atoms with Crippen LogP contribution in [0.3, 0.4) is 0 Å². The first-order valence-electron chi connectivity index (χ1n) is 5.95. The van der Waals surface area contributed by atoms with Crippen molar-refractivity contribution >= 4 is 5.84 Å². The number of imidazole rings is 1. The van der Waals surface area contributed by atoms with E-state index in [1.807, 2.05) is 30.3 Å². The second-order valence-electron chi connectivity index (χ2n) is 4.05. The molecular weight excluding hydrogens is 266 g/mol. The molecule has 1 aromatic heterocycles. The maximum atomic E-state index is 12.5. The fraction of sp³-hybridized carbons (Fsp3) is 0.231. The molecule has 0 aliphatic heterocycles. The first-order chi connectivity index (χ1) is 9.66. The number of nitrogens with two attached hydrogens (primary N) is 1. The van der Waals surface area contributed by atoms with Crippen molar-refractivity contribution in [2.75, 3.05) is 0 Å². The monoisotopic (exact) mass is 280 g/mol. The Balaban J connectivity index is 1.88. The molecule has 0 saturated carbocycles. The minimum atomic E-state index is -2.65. The van der Waals surface area contributed by atoms with Gasteiger partial charge in [0.05, 0.1) is 0 Å². The van der Waals surface area contributed by atoms with Crippen molar-refractivity contribution in [1.82, 2.24) is 9.55 Å². The molecule has 106 valence electrons. The molecule has 5 nitrogen and oxygen atoms in total. The summed E-state index contributed by atoms with van der Waals surface area (Å²) in [7, 11) is 0. The van der Waals surface area contributed by atoms with Gasteiger partial charge in [0, 0.05) is 18.8 Å². The molecular formula is C13H14F2N4O. The van der Waals surface area contributed by atoms with Crippen LogP contribution >= 0.6 is 0 Å². The van der Waals surface area contributed by atoms with Crippen molar-refractivity contribution in [1.29, 1.82) is 0 Å². The predicted octanol–water partition coefficient (Wildman–Crippen LogP) is 2.31. The summed E-state index contributed by atoms with van der Waals surface area (Å²) in [6.07, 6.45) is 2.90. The normalized spacial score (nSPS) is 11.8. The Kier molecular flexibility index (Phi) is 4.65. The van der Waals surface area contributed by atoms with E-state index >= 15 is 0 Å². The number of alkyl halides is 2. The van der Waals surface area contributed by atoms with Crippen LogP contribution < -0.4 is 5.73 Å². The average Bonchev–Trinajstić information content (AvgIpc) is 2.88. The first kappa shape index (κ1) is 14.0. The van der Waals surface area contributed by atoms with Gasteiger partial charge in [-0.1, -0.05) is 35.5 Å². The van der Waals surface area contributed by atoms with E-state index < -0.39 is 6.55 Å². The lowest BCUT2D eigenvalue weighted by Gasteiger charge is -2.05. The second-order valence-corrected chi connectivity index (χ2v) is 4.05. The Morgan fingerprint density at radius 1 is 1.35 bits per heavy atom. The number of halogens is 2. The molecule has 0 aliphatic carbocycles. The number of benzene rings is 1. The van der Waals surface area contributed by atoms with Crippen LogP contribution in [0.25, 0.3) is 0 Å². The number of hydrogen-bond donors (Lipinski definition) is 1. The Bertz CT molecular complexity index is 569. The van der Waals surface area contributed by atoms with Crippen LogP contribution in [-0.4, -0.2) is 15.4 Å². The highest BCUT2D eigenvalue weighted by Gasteiger charge is 2.11. The highest BCUT2D eigenvalue weighted by molar-refractivity contribution is 5.82. The molecule has 0 bridgehead atoms. The predicted molar refractivity (Wildman–Crippen MR) is 70.0 cm³/mol. The van der Waals surface area contributed by atoms with Crippen LogP contribution in [0.15, 0.2) is 47.9 Å². The van der Waals surface area contributed by atoms with Gasteiger partial charge >= 0.3 is 6.55 Å². The molecule has 0 aliphatic rings. The van der Waals surface area contributed by atoms with Crippen LogP contribution in [0.2, 0.25) is 0 Å². The summed E-state index contributed by atoms with van der Waals surface area (Å²) in [5, 5.41) is 3.69. The van der Waals surface area contributed by atoms with Gasteiger partial charge in [-0.05, 0) is 5.56 Å². The third-order valence-corrected chi connectivity index (χ3v) is 2.56. The van der Waals surface area contributed by atoms with Gasteiger partial charge in [-0.2, -0.15) is 8.78 Å². The standard InChI is InChI=1S/C13H14F2N4O/c14-13(15)19-7-6-17-12(19)9-20-18-11(16)8-10-4-2-1-3-5-10/h1-7,13H,8-9H2,(H2,16,18). The van der Waals surface area contributed by atoms with Crippen molar-refractivity contribution in [3.63, 3.8) is 0 Å². The zero-order valence-corrected chi connectivity index (χ0v) is 10.6. The van der Waals surface area contributed by atoms with E-state index in [1.54, 1.807) is 0 Å². The molecule has 0 atom stereocenters. The molecule has 2 N–H and O–H groups in total. The highest BCUT2D eigenvalue weighted by atomic mass is 19.3. The average molecular weight is 280 g/mol. The van der Waals surface area contributed by atoms with E-state index in [0.29, 0.717) is 11.0 Å². The quantitative estimate of drug-likeness (QED) is 0.501. The molecule has 2 rings (SSSR count). The van der Waals surface area contributed by atoms with E-state index in [2.05, 4.69) is 10.1 Å². The van der Waals surface area contributed by atoms with Crippen LogP contribution in [-0.2, 0) is 17.9 Å². The second kappa shape index (κ2) is 6.65. The number of rotatable bonds is 6. The summed E-state index contributed by atoms with van der Waals surface area (Å²) in [5.74, 6) is 0.364. The maximum absolute atomic E-state index is 12.5. The lowest BCUT2D eigenvalue weighted by molar-refractivity contribution is 0.0533. The first-order valence-corrected chi connectivity index (χ1v) is 5.95. The molecule has 0 unspecified atom stereocenters. The van der Waals surface area contributed by atoms with E-state index in [0.717, 1.165) is 5.56 Å². The fourth-order valence-corrected chi connectivity index (χ4v) is 1.64. The van der Waals surface area contributed by atoms with Gasteiger partial charge in [0.15, 0.2) is 12.4 Å².